The average molecular weight is 587 g/mol. The summed E-state index contributed by atoms with van der Waals surface area (Å²) in [6.07, 6.45) is 18.4. The highest BCUT2D eigenvalue weighted by Crippen LogP contribution is 2.54. The van der Waals surface area contributed by atoms with E-state index in [-0.39, 0.29) is 0 Å². The quantitative estimate of drug-likeness (QED) is 0.106. The molecule has 0 aromatic heterocycles. The average Bonchev–Trinajstić information content (AvgIpc) is 3.04. The van der Waals surface area contributed by atoms with Gasteiger partial charge in [-0.25, -0.2) is 0 Å². The number of anilines is 6. The Bertz CT molecular complexity index is 1400. The summed E-state index contributed by atoms with van der Waals surface area (Å²) < 4.78 is 0. The Balaban J connectivity index is 1.39. The van der Waals surface area contributed by atoms with E-state index in [2.05, 4.69) is 122 Å². The molecule has 0 spiro atoms. The van der Waals surface area contributed by atoms with Gasteiger partial charge in [0.15, 0.2) is 0 Å². The number of nitrogens with zero attached hydrogens (tertiary/aromatic N) is 2. The Morgan fingerprint density at radius 2 is 0.750 bits per heavy atom. The number of fused-ring (bicyclic) bond motifs is 2. The number of hydrogen-bond acceptors (Lipinski definition) is 2. The molecule has 1 aliphatic rings. The van der Waals surface area contributed by atoms with Crippen molar-refractivity contribution in [3.05, 3.63) is 107 Å². The number of aryl methyl sites for hydroxylation is 4. The lowest BCUT2D eigenvalue weighted by atomic mass is 10.00. The Labute approximate surface area is 268 Å². The van der Waals surface area contributed by atoms with Crippen LogP contribution in [0, 0.1) is 13.8 Å². The van der Waals surface area contributed by atoms with Gasteiger partial charge in [0.25, 0.3) is 0 Å². The van der Waals surface area contributed by atoms with Crippen LogP contribution in [-0.2, 0) is 12.8 Å². The highest BCUT2D eigenvalue weighted by Gasteiger charge is 2.30. The Morgan fingerprint density at radius 1 is 0.386 bits per heavy atom. The minimum absolute atomic E-state index is 1.17. The molecule has 0 N–H and O–H groups in total. The van der Waals surface area contributed by atoms with Gasteiger partial charge in [-0.1, -0.05) is 114 Å². The van der Waals surface area contributed by atoms with Gasteiger partial charge in [-0.3, -0.25) is 0 Å². The van der Waals surface area contributed by atoms with E-state index in [4.69, 9.17) is 0 Å². The largest absolute Gasteiger partial charge is 0.306 e. The van der Waals surface area contributed by atoms with Crippen LogP contribution in [0.15, 0.2) is 84.9 Å². The predicted octanol–water partition coefficient (Wildman–Crippen LogP) is 13.4. The minimum Gasteiger partial charge on any atom is -0.306 e. The van der Waals surface area contributed by atoms with Crippen LogP contribution in [0.5, 0.6) is 0 Å². The fourth-order valence-corrected chi connectivity index (χ4v) is 6.66. The topological polar surface area (TPSA) is 6.48 Å². The first-order valence-electron chi connectivity index (χ1n) is 17.6. The highest BCUT2D eigenvalue weighted by atomic mass is 15.3. The van der Waals surface area contributed by atoms with Crippen molar-refractivity contribution < 1.29 is 0 Å². The van der Waals surface area contributed by atoms with E-state index in [1.165, 1.54) is 146 Å². The van der Waals surface area contributed by atoms with Gasteiger partial charge >= 0.3 is 0 Å². The lowest BCUT2D eigenvalue weighted by molar-refractivity contribution is 0.607. The van der Waals surface area contributed by atoms with Gasteiger partial charge < -0.3 is 9.80 Å². The van der Waals surface area contributed by atoms with Crippen LogP contribution in [0.4, 0.5) is 34.1 Å². The van der Waals surface area contributed by atoms with Gasteiger partial charge in [-0.2, -0.15) is 0 Å². The lowest BCUT2D eigenvalue weighted by Crippen LogP contribution is -2.24. The molecule has 232 valence electrons. The van der Waals surface area contributed by atoms with Crippen molar-refractivity contribution in [2.24, 2.45) is 0 Å². The fraction of sp³-hybridized carbons (Fsp3) is 0.429. The van der Waals surface area contributed by atoms with Gasteiger partial charge in [0.1, 0.15) is 0 Å². The standard InChI is InChI=1S/C42H54N2/c1-5-7-9-11-13-15-17-35-21-25-37(26-22-35)43-39-29-19-33(3)31-41(39)44(42-32-34(4)20-30-40(42)43)38-27-23-36(24-28-38)18-16-14-12-10-8-6-2/h19-32H,5-18H2,1-4H3. The third-order valence-electron chi connectivity index (χ3n) is 9.25. The molecule has 0 saturated carbocycles. The second-order valence-electron chi connectivity index (χ2n) is 13.0. The number of rotatable bonds is 16. The van der Waals surface area contributed by atoms with Gasteiger partial charge in [0, 0.05) is 11.4 Å². The second-order valence-corrected chi connectivity index (χ2v) is 13.0. The maximum absolute atomic E-state index is 2.47. The van der Waals surface area contributed by atoms with E-state index < -0.39 is 0 Å². The SMILES string of the molecule is CCCCCCCCc1ccc(N2c3ccc(C)cc3N(c3ccc(CCCCCCCC)cc3)c3cc(C)ccc32)cc1. The molecule has 0 bridgehead atoms. The van der Waals surface area contributed by atoms with Crippen LogP contribution in [0.1, 0.15) is 113 Å². The monoisotopic (exact) mass is 586 g/mol. The number of benzene rings is 4. The van der Waals surface area contributed by atoms with Crippen LogP contribution in [0.3, 0.4) is 0 Å². The molecule has 0 radical (unpaired) electrons. The van der Waals surface area contributed by atoms with E-state index in [1.807, 2.05) is 0 Å². The van der Waals surface area contributed by atoms with Gasteiger partial charge in [-0.15, -0.1) is 0 Å². The van der Waals surface area contributed by atoms with E-state index >= 15 is 0 Å². The van der Waals surface area contributed by atoms with Crippen molar-refractivity contribution >= 4 is 34.1 Å². The molecule has 2 nitrogen and oxygen atoms in total. The predicted molar refractivity (Wildman–Crippen MR) is 193 cm³/mol. The molecular weight excluding hydrogens is 532 g/mol. The fourth-order valence-electron chi connectivity index (χ4n) is 6.66. The molecule has 4 aromatic carbocycles. The van der Waals surface area contributed by atoms with E-state index in [1.54, 1.807) is 0 Å². The second kappa shape index (κ2) is 16.0. The van der Waals surface area contributed by atoms with Crippen molar-refractivity contribution in [2.75, 3.05) is 9.80 Å². The van der Waals surface area contributed by atoms with Crippen LogP contribution in [-0.4, -0.2) is 0 Å². The maximum atomic E-state index is 2.47. The summed E-state index contributed by atoms with van der Waals surface area (Å²) in [6, 6.07) is 32.5. The molecule has 4 aromatic rings. The molecule has 2 heteroatoms. The van der Waals surface area contributed by atoms with Gasteiger partial charge in [-0.05, 0) is 110 Å². The molecule has 0 fully saturated rings. The molecule has 0 saturated heterocycles. The summed E-state index contributed by atoms with van der Waals surface area (Å²) in [5.41, 5.74) is 12.8. The summed E-state index contributed by atoms with van der Waals surface area (Å²) >= 11 is 0. The van der Waals surface area contributed by atoms with Crippen LogP contribution < -0.4 is 9.80 Å². The van der Waals surface area contributed by atoms with E-state index in [9.17, 15) is 0 Å². The zero-order valence-electron chi connectivity index (χ0n) is 27.9. The summed E-state index contributed by atoms with van der Waals surface area (Å²) in [5.74, 6) is 0. The molecule has 0 amide bonds. The van der Waals surface area contributed by atoms with Gasteiger partial charge in [0.2, 0.25) is 0 Å². The lowest BCUT2D eigenvalue weighted by Gasteiger charge is -2.40. The maximum Gasteiger partial charge on any atom is 0.0705 e. The molecule has 1 heterocycles. The molecule has 1 aliphatic heterocycles. The Hall–Kier alpha value is -3.52. The zero-order chi connectivity index (χ0) is 30.7. The van der Waals surface area contributed by atoms with E-state index in [0.29, 0.717) is 0 Å². The third kappa shape index (κ3) is 7.95. The minimum atomic E-state index is 1.17. The molecular formula is C42H54N2. The summed E-state index contributed by atoms with van der Waals surface area (Å²) in [7, 11) is 0. The molecule has 44 heavy (non-hydrogen) atoms. The summed E-state index contributed by atoms with van der Waals surface area (Å²) in [5, 5.41) is 0. The zero-order valence-corrected chi connectivity index (χ0v) is 27.9. The van der Waals surface area contributed by atoms with Crippen molar-refractivity contribution in [3.8, 4) is 0 Å². The van der Waals surface area contributed by atoms with Crippen molar-refractivity contribution in [3.63, 3.8) is 0 Å². The van der Waals surface area contributed by atoms with Crippen molar-refractivity contribution in [1.82, 2.24) is 0 Å². The number of hydrogen-bond donors (Lipinski definition) is 0. The van der Waals surface area contributed by atoms with Crippen LogP contribution in [0.25, 0.3) is 0 Å². The number of unbranched alkanes of at least 4 members (excludes halogenated alkanes) is 10. The van der Waals surface area contributed by atoms with Crippen molar-refractivity contribution in [2.45, 2.75) is 118 Å². The molecule has 0 atom stereocenters. The molecule has 0 unspecified atom stereocenters. The van der Waals surface area contributed by atoms with Crippen molar-refractivity contribution in [1.29, 1.82) is 0 Å². The first kappa shape index (κ1) is 31.9. The van der Waals surface area contributed by atoms with E-state index in [0.717, 1.165) is 0 Å². The van der Waals surface area contributed by atoms with Gasteiger partial charge in [0.05, 0.1) is 22.7 Å². The third-order valence-corrected chi connectivity index (χ3v) is 9.25. The molecule has 0 aliphatic carbocycles. The highest BCUT2D eigenvalue weighted by molar-refractivity contribution is 6.01. The normalized spacial score (nSPS) is 12.4. The van der Waals surface area contributed by atoms with Crippen LogP contribution in [0.2, 0.25) is 0 Å². The Kier molecular flexibility index (Phi) is 11.6. The first-order chi connectivity index (χ1) is 21.6. The summed E-state index contributed by atoms with van der Waals surface area (Å²) in [4.78, 5) is 4.93. The smallest absolute Gasteiger partial charge is 0.0705 e. The Morgan fingerprint density at radius 3 is 1.16 bits per heavy atom. The van der Waals surface area contributed by atoms with Crippen LogP contribution >= 0.6 is 0 Å². The molecule has 5 rings (SSSR count). The summed E-state index contributed by atoms with van der Waals surface area (Å²) in [6.45, 7) is 8.98. The first-order valence-corrected chi connectivity index (χ1v) is 17.6.